The van der Waals surface area contributed by atoms with E-state index in [1.807, 2.05) is 11.8 Å². The van der Waals surface area contributed by atoms with Crippen LogP contribution in [0.1, 0.15) is 17.7 Å². The maximum absolute atomic E-state index is 4.45. The Morgan fingerprint density at radius 3 is 2.93 bits per heavy atom. The van der Waals surface area contributed by atoms with E-state index >= 15 is 0 Å². The maximum Gasteiger partial charge on any atom is 0.157 e. The highest BCUT2D eigenvalue weighted by Crippen LogP contribution is 2.33. The van der Waals surface area contributed by atoms with Crippen molar-refractivity contribution in [3.8, 4) is 0 Å². The number of hydrogen-bond acceptors (Lipinski definition) is 3. The smallest absolute Gasteiger partial charge is 0.157 e. The summed E-state index contributed by atoms with van der Waals surface area (Å²) in [5.41, 5.74) is 1.37. The van der Waals surface area contributed by atoms with Crippen LogP contribution in [0.15, 0.2) is 35.3 Å². The molecular weight excluding hydrogens is 192 g/mol. The van der Waals surface area contributed by atoms with Crippen molar-refractivity contribution < 1.29 is 0 Å². The number of rotatable bonds is 2. The summed E-state index contributed by atoms with van der Waals surface area (Å²) < 4.78 is 0. The topological polar surface area (TPSA) is 24.4 Å². The fourth-order valence-corrected chi connectivity index (χ4v) is 2.55. The highest BCUT2D eigenvalue weighted by Gasteiger charge is 2.20. The molecule has 0 saturated carbocycles. The van der Waals surface area contributed by atoms with Gasteiger partial charge in [0.25, 0.3) is 0 Å². The first kappa shape index (κ1) is 9.59. The van der Waals surface area contributed by atoms with Crippen molar-refractivity contribution in [3.05, 3.63) is 35.9 Å². The summed E-state index contributed by atoms with van der Waals surface area (Å²) in [7, 11) is 0. The highest BCUT2D eigenvalue weighted by atomic mass is 32.2. The summed E-state index contributed by atoms with van der Waals surface area (Å²) >= 11 is 1.83. The molecule has 14 heavy (non-hydrogen) atoms. The number of hydrogen-bond donors (Lipinski definition) is 1. The van der Waals surface area contributed by atoms with Crippen molar-refractivity contribution in [2.75, 3.05) is 13.1 Å². The van der Waals surface area contributed by atoms with E-state index < -0.39 is 0 Å². The van der Waals surface area contributed by atoms with E-state index in [1.54, 1.807) is 0 Å². The third-order valence-electron chi connectivity index (χ3n) is 2.15. The average Bonchev–Trinajstić information content (AvgIpc) is 2.68. The monoisotopic (exact) mass is 206 g/mol. The van der Waals surface area contributed by atoms with Crippen LogP contribution in [-0.4, -0.2) is 18.3 Å². The van der Waals surface area contributed by atoms with E-state index in [0.717, 1.165) is 18.3 Å². The van der Waals surface area contributed by atoms with E-state index in [2.05, 4.69) is 47.6 Å². The standard InChI is InChI=1S/C11H14N2S/c1-2-12-11-13-8-10(14-11)9-6-4-3-5-7-9/h3-7,10H,2,8H2,1H3,(H,12,13). The molecule has 1 heterocycles. The Hall–Kier alpha value is -0.960. The van der Waals surface area contributed by atoms with E-state index in [1.165, 1.54) is 5.56 Å². The van der Waals surface area contributed by atoms with Crippen LogP contribution < -0.4 is 5.32 Å². The number of amidine groups is 1. The second-order valence-electron chi connectivity index (χ2n) is 3.19. The van der Waals surface area contributed by atoms with Gasteiger partial charge in [-0.1, -0.05) is 42.1 Å². The van der Waals surface area contributed by atoms with Crippen LogP contribution in [0.3, 0.4) is 0 Å². The van der Waals surface area contributed by atoms with E-state index in [9.17, 15) is 0 Å². The maximum atomic E-state index is 4.45. The van der Waals surface area contributed by atoms with E-state index in [-0.39, 0.29) is 0 Å². The molecule has 0 bridgehead atoms. The van der Waals surface area contributed by atoms with Crippen molar-refractivity contribution >= 4 is 16.9 Å². The molecule has 0 fully saturated rings. The predicted octanol–water partition coefficient (Wildman–Crippen LogP) is 2.44. The van der Waals surface area contributed by atoms with Gasteiger partial charge in [-0.2, -0.15) is 0 Å². The second-order valence-corrected chi connectivity index (χ2v) is 4.38. The van der Waals surface area contributed by atoms with Crippen molar-refractivity contribution in [1.29, 1.82) is 0 Å². The molecule has 0 amide bonds. The third-order valence-corrected chi connectivity index (χ3v) is 3.36. The van der Waals surface area contributed by atoms with Gasteiger partial charge in [-0.05, 0) is 12.5 Å². The predicted molar refractivity (Wildman–Crippen MR) is 62.8 cm³/mol. The van der Waals surface area contributed by atoms with Gasteiger partial charge < -0.3 is 5.32 Å². The molecule has 1 aliphatic rings. The number of aliphatic imine (C=N–C) groups is 1. The molecule has 74 valence electrons. The third kappa shape index (κ3) is 2.10. The molecule has 0 radical (unpaired) electrons. The van der Waals surface area contributed by atoms with Crippen molar-refractivity contribution in [2.45, 2.75) is 12.2 Å². The van der Waals surface area contributed by atoms with E-state index in [0.29, 0.717) is 5.25 Å². The number of nitrogens with one attached hydrogen (secondary N) is 1. The van der Waals surface area contributed by atoms with Crippen molar-refractivity contribution in [3.63, 3.8) is 0 Å². The number of thioether (sulfide) groups is 1. The first-order valence-corrected chi connectivity index (χ1v) is 5.78. The lowest BCUT2D eigenvalue weighted by Gasteiger charge is -2.08. The van der Waals surface area contributed by atoms with Gasteiger partial charge in [0.15, 0.2) is 5.17 Å². The van der Waals surface area contributed by atoms with Crippen LogP contribution in [-0.2, 0) is 0 Å². The van der Waals surface area contributed by atoms with Gasteiger partial charge >= 0.3 is 0 Å². The highest BCUT2D eigenvalue weighted by molar-refractivity contribution is 8.14. The summed E-state index contributed by atoms with van der Waals surface area (Å²) in [6.07, 6.45) is 0. The zero-order chi connectivity index (χ0) is 9.80. The number of benzene rings is 1. The summed E-state index contributed by atoms with van der Waals surface area (Å²) in [4.78, 5) is 4.45. The van der Waals surface area contributed by atoms with Gasteiger partial charge in [0.05, 0.1) is 11.8 Å². The number of nitrogens with zero attached hydrogens (tertiary/aromatic N) is 1. The fourth-order valence-electron chi connectivity index (χ4n) is 1.47. The molecule has 0 saturated heterocycles. The molecule has 1 aliphatic heterocycles. The molecular formula is C11H14N2S. The molecule has 1 N–H and O–H groups in total. The zero-order valence-corrected chi connectivity index (χ0v) is 9.05. The van der Waals surface area contributed by atoms with E-state index in [4.69, 9.17) is 0 Å². The molecule has 1 unspecified atom stereocenters. The van der Waals surface area contributed by atoms with Crippen molar-refractivity contribution in [2.24, 2.45) is 4.99 Å². The molecule has 0 aliphatic carbocycles. The lowest BCUT2D eigenvalue weighted by Crippen LogP contribution is -2.17. The fraction of sp³-hybridized carbons (Fsp3) is 0.364. The molecule has 2 rings (SSSR count). The molecule has 0 aromatic heterocycles. The van der Waals surface area contributed by atoms with Gasteiger partial charge in [0, 0.05) is 6.54 Å². The van der Waals surface area contributed by atoms with Gasteiger partial charge in [0.2, 0.25) is 0 Å². The van der Waals surface area contributed by atoms with Crippen LogP contribution in [0.25, 0.3) is 0 Å². The van der Waals surface area contributed by atoms with Crippen LogP contribution in [0.2, 0.25) is 0 Å². The summed E-state index contributed by atoms with van der Waals surface area (Å²) in [6, 6.07) is 10.6. The van der Waals surface area contributed by atoms with Gasteiger partial charge in [-0.25, -0.2) is 0 Å². The molecule has 1 aromatic carbocycles. The van der Waals surface area contributed by atoms with Crippen LogP contribution >= 0.6 is 11.8 Å². The molecule has 0 spiro atoms. The minimum Gasteiger partial charge on any atom is -0.365 e. The first-order chi connectivity index (χ1) is 6.90. The van der Waals surface area contributed by atoms with Gasteiger partial charge in [0.1, 0.15) is 0 Å². The summed E-state index contributed by atoms with van der Waals surface area (Å²) in [5, 5.41) is 4.85. The Balaban J connectivity index is 1.99. The van der Waals surface area contributed by atoms with Crippen LogP contribution in [0.5, 0.6) is 0 Å². The SMILES string of the molecule is CCNC1=NCC(c2ccccc2)S1. The molecule has 1 atom stereocenters. The largest absolute Gasteiger partial charge is 0.365 e. The van der Waals surface area contributed by atoms with Crippen LogP contribution in [0, 0.1) is 0 Å². The Labute approximate surface area is 88.8 Å². The molecule has 3 heteroatoms. The minimum atomic E-state index is 0.505. The normalized spacial score (nSPS) is 20.6. The zero-order valence-electron chi connectivity index (χ0n) is 8.23. The Bertz CT molecular complexity index is 321. The van der Waals surface area contributed by atoms with Gasteiger partial charge in [-0.15, -0.1) is 0 Å². The lowest BCUT2D eigenvalue weighted by molar-refractivity contribution is 0.941. The first-order valence-electron chi connectivity index (χ1n) is 4.90. The van der Waals surface area contributed by atoms with Gasteiger partial charge in [-0.3, -0.25) is 4.99 Å². The lowest BCUT2D eigenvalue weighted by atomic mass is 10.1. The average molecular weight is 206 g/mol. The second kappa shape index (κ2) is 4.51. The van der Waals surface area contributed by atoms with Crippen LogP contribution in [0.4, 0.5) is 0 Å². The summed E-state index contributed by atoms with van der Waals surface area (Å²) in [6.45, 7) is 3.95. The Morgan fingerprint density at radius 2 is 2.21 bits per heavy atom. The molecule has 2 nitrogen and oxygen atoms in total. The quantitative estimate of drug-likeness (QED) is 0.803. The Morgan fingerprint density at radius 1 is 1.43 bits per heavy atom. The minimum absolute atomic E-state index is 0.505. The molecule has 1 aromatic rings. The Kier molecular flexibility index (Phi) is 3.09. The summed E-state index contributed by atoms with van der Waals surface area (Å²) in [5.74, 6) is 0. The van der Waals surface area contributed by atoms with Crippen molar-refractivity contribution in [1.82, 2.24) is 5.32 Å².